The number of morpholine rings is 1. The Morgan fingerprint density at radius 3 is 2.71 bits per heavy atom. The van der Waals surface area contributed by atoms with Crippen molar-refractivity contribution < 1.29 is 14.3 Å². The molecule has 116 valence electrons. The number of ketones is 1. The van der Waals surface area contributed by atoms with Crippen molar-refractivity contribution in [2.45, 2.75) is 39.4 Å². The van der Waals surface area contributed by atoms with Crippen molar-refractivity contribution in [3.63, 3.8) is 0 Å². The molecule has 4 heteroatoms. The summed E-state index contributed by atoms with van der Waals surface area (Å²) in [6.07, 6.45) is 0.889. The quantitative estimate of drug-likeness (QED) is 0.756. The fourth-order valence-electron chi connectivity index (χ4n) is 2.54. The molecule has 1 atom stereocenters. The molecule has 1 aromatic carbocycles. The molecule has 0 N–H and O–H groups in total. The summed E-state index contributed by atoms with van der Waals surface area (Å²) < 4.78 is 11.2. The lowest BCUT2D eigenvalue weighted by molar-refractivity contribution is -0.0163. The number of nitrogens with zero attached hydrogens (tertiary/aromatic N) is 1. The van der Waals surface area contributed by atoms with Crippen LogP contribution < -0.4 is 4.74 Å². The van der Waals surface area contributed by atoms with Crippen molar-refractivity contribution in [2.75, 3.05) is 26.2 Å². The number of hydrogen-bond acceptors (Lipinski definition) is 4. The van der Waals surface area contributed by atoms with Crippen LogP contribution in [0.25, 0.3) is 0 Å². The molecule has 1 unspecified atom stereocenters. The number of benzene rings is 1. The maximum atomic E-state index is 12.5. The van der Waals surface area contributed by atoms with Crippen LogP contribution in [-0.4, -0.2) is 49.1 Å². The van der Waals surface area contributed by atoms with Gasteiger partial charge in [-0.15, -0.1) is 0 Å². The molecule has 1 heterocycles. The van der Waals surface area contributed by atoms with Gasteiger partial charge in [-0.1, -0.05) is 6.92 Å². The van der Waals surface area contributed by atoms with Crippen LogP contribution in [0.15, 0.2) is 24.3 Å². The normalized spacial score (nSPS) is 19.7. The smallest absolute Gasteiger partial charge is 0.192 e. The van der Waals surface area contributed by atoms with Gasteiger partial charge in [0.2, 0.25) is 0 Å². The summed E-state index contributed by atoms with van der Waals surface area (Å²) in [6.45, 7) is 9.38. The molecule has 1 saturated heterocycles. The lowest BCUT2D eigenvalue weighted by Crippen LogP contribution is -2.46. The first-order valence-electron chi connectivity index (χ1n) is 7.75. The van der Waals surface area contributed by atoms with E-state index in [0.29, 0.717) is 18.7 Å². The summed E-state index contributed by atoms with van der Waals surface area (Å²) in [4.78, 5) is 14.8. The fraction of sp³-hybridized carbons (Fsp3) is 0.588. The SMILES string of the molecule is CCCN1CCOC(C(=O)c2ccc(OC(C)C)cc2)C1. The monoisotopic (exact) mass is 291 g/mol. The first-order chi connectivity index (χ1) is 10.1. The number of carbonyl (C=O) groups excluding carboxylic acids is 1. The van der Waals surface area contributed by atoms with E-state index in [9.17, 15) is 4.79 Å². The van der Waals surface area contributed by atoms with Crippen molar-refractivity contribution in [3.05, 3.63) is 29.8 Å². The van der Waals surface area contributed by atoms with E-state index in [-0.39, 0.29) is 18.0 Å². The third-order valence-electron chi connectivity index (χ3n) is 3.49. The maximum absolute atomic E-state index is 12.5. The van der Waals surface area contributed by atoms with E-state index in [2.05, 4.69) is 11.8 Å². The Hall–Kier alpha value is -1.39. The van der Waals surface area contributed by atoms with Gasteiger partial charge in [0.25, 0.3) is 0 Å². The van der Waals surface area contributed by atoms with Gasteiger partial charge in [0.15, 0.2) is 5.78 Å². The molecule has 21 heavy (non-hydrogen) atoms. The molecule has 0 amide bonds. The summed E-state index contributed by atoms with van der Waals surface area (Å²) in [5.74, 6) is 0.852. The van der Waals surface area contributed by atoms with Gasteiger partial charge in [-0.3, -0.25) is 9.69 Å². The highest BCUT2D eigenvalue weighted by atomic mass is 16.5. The van der Waals surface area contributed by atoms with Gasteiger partial charge in [-0.05, 0) is 51.1 Å². The highest BCUT2D eigenvalue weighted by molar-refractivity contribution is 5.99. The Kier molecular flexibility index (Phi) is 5.76. The average molecular weight is 291 g/mol. The van der Waals surface area contributed by atoms with E-state index >= 15 is 0 Å². The second-order valence-corrected chi connectivity index (χ2v) is 5.72. The van der Waals surface area contributed by atoms with Gasteiger partial charge in [-0.2, -0.15) is 0 Å². The van der Waals surface area contributed by atoms with Gasteiger partial charge in [0.1, 0.15) is 11.9 Å². The molecule has 1 aliphatic heterocycles. The van der Waals surface area contributed by atoms with Crippen molar-refractivity contribution >= 4 is 5.78 Å². The van der Waals surface area contributed by atoms with Gasteiger partial charge in [0, 0.05) is 18.7 Å². The van der Waals surface area contributed by atoms with E-state index in [1.807, 2.05) is 38.1 Å². The Balaban J connectivity index is 1.98. The third-order valence-corrected chi connectivity index (χ3v) is 3.49. The summed E-state index contributed by atoms with van der Waals surface area (Å²) in [5, 5.41) is 0. The molecule has 0 radical (unpaired) electrons. The minimum absolute atomic E-state index is 0.0619. The molecule has 4 nitrogen and oxygen atoms in total. The molecule has 2 rings (SSSR count). The second kappa shape index (κ2) is 7.57. The molecule has 0 aliphatic carbocycles. The molecule has 0 aromatic heterocycles. The van der Waals surface area contributed by atoms with Crippen LogP contribution in [-0.2, 0) is 4.74 Å². The lowest BCUT2D eigenvalue weighted by Gasteiger charge is -2.31. The number of carbonyl (C=O) groups is 1. The lowest BCUT2D eigenvalue weighted by atomic mass is 10.0. The van der Waals surface area contributed by atoms with E-state index in [4.69, 9.17) is 9.47 Å². The zero-order valence-electron chi connectivity index (χ0n) is 13.2. The third kappa shape index (κ3) is 4.55. The molecule has 0 bridgehead atoms. The highest BCUT2D eigenvalue weighted by Crippen LogP contribution is 2.17. The van der Waals surface area contributed by atoms with Gasteiger partial charge < -0.3 is 9.47 Å². The Labute approximate surface area is 127 Å². The van der Waals surface area contributed by atoms with Gasteiger partial charge in [-0.25, -0.2) is 0 Å². The van der Waals surface area contributed by atoms with Crippen LogP contribution in [0.1, 0.15) is 37.6 Å². The minimum atomic E-state index is -0.345. The Morgan fingerprint density at radius 2 is 2.10 bits per heavy atom. The zero-order valence-corrected chi connectivity index (χ0v) is 13.2. The van der Waals surface area contributed by atoms with Crippen LogP contribution in [0, 0.1) is 0 Å². The van der Waals surface area contributed by atoms with Gasteiger partial charge >= 0.3 is 0 Å². The first kappa shape index (κ1) is 16.0. The Morgan fingerprint density at radius 1 is 1.38 bits per heavy atom. The predicted molar refractivity (Wildman–Crippen MR) is 83.0 cm³/mol. The molecule has 0 spiro atoms. The van der Waals surface area contributed by atoms with Crippen LogP contribution in [0.3, 0.4) is 0 Å². The van der Waals surface area contributed by atoms with E-state index in [0.717, 1.165) is 25.3 Å². The largest absolute Gasteiger partial charge is 0.491 e. The van der Waals surface area contributed by atoms with Crippen molar-refractivity contribution in [2.24, 2.45) is 0 Å². The van der Waals surface area contributed by atoms with E-state index in [1.54, 1.807) is 0 Å². The number of rotatable bonds is 6. The number of hydrogen-bond donors (Lipinski definition) is 0. The molecular weight excluding hydrogens is 266 g/mol. The molecule has 1 aliphatic rings. The standard InChI is InChI=1S/C17H25NO3/c1-4-9-18-10-11-20-16(12-18)17(19)14-5-7-15(8-6-14)21-13(2)3/h5-8,13,16H,4,9-12H2,1-3H3. The summed E-state index contributed by atoms with van der Waals surface area (Å²) in [6, 6.07) is 7.34. The minimum Gasteiger partial charge on any atom is -0.491 e. The van der Waals surface area contributed by atoms with Crippen LogP contribution in [0.4, 0.5) is 0 Å². The topological polar surface area (TPSA) is 38.8 Å². The summed E-state index contributed by atoms with van der Waals surface area (Å²) in [5.41, 5.74) is 0.689. The highest BCUT2D eigenvalue weighted by Gasteiger charge is 2.27. The van der Waals surface area contributed by atoms with Crippen molar-refractivity contribution in [3.8, 4) is 5.75 Å². The average Bonchev–Trinajstić information content (AvgIpc) is 2.47. The van der Waals surface area contributed by atoms with Crippen LogP contribution in [0.5, 0.6) is 5.75 Å². The molecule has 1 fully saturated rings. The van der Waals surface area contributed by atoms with Gasteiger partial charge in [0.05, 0.1) is 12.7 Å². The van der Waals surface area contributed by atoms with Crippen LogP contribution >= 0.6 is 0 Å². The maximum Gasteiger partial charge on any atom is 0.192 e. The summed E-state index contributed by atoms with van der Waals surface area (Å²) in [7, 11) is 0. The van der Waals surface area contributed by atoms with E-state index in [1.165, 1.54) is 0 Å². The van der Waals surface area contributed by atoms with E-state index < -0.39 is 0 Å². The zero-order chi connectivity index (χ0) is 15.2. The number of ether oxygens (including phenoxy) is 2. The van der Waals surface area contributed by atoms with Crippen molar-refractivity contribution in [1.82, 2.24) is 4.90 Å². The van der Waals surface area contributed by atoms with Crippen LogP contribution in [0.2, 0.25) is 0 Å². The van der Waals surface area contributed by atoms with Crippen molar-refractivity contribution in [1.29, 1.82) is 0 Å². The molecular formula is C17H25NO3. The fourth-order valence-corrected chi connectivity index (χ4v) is 2.54. The second-order valence-electron chi connectivity index (χ2n) is 5.72. The predicted octanol–water partition coefficient (Wildman–Crippen LogP) is 2.77. The summed E-state index contributed by atoms with van der Waals surface area (Å²) >= 11 is 0. The Bertz CT molecular complexity index is 454. The molecule has 0 saturated carbocycles. The molecule has 1 aromatic rings. The number of Topliss-reactive ketones (excluding diaryl/α,β-unsaturated/α-hetero) is 1. The first-order valence-corrected chi connectivity index (χ1v) is 7.75.